The van der Waals surface area contributed by atoms with E-state index in [0.29, 0.717) is 31.1 Å². The second-order valence-electron chi connectivity index (χ2n) is 19.1. The van der Waals surface area contributed by atoms with E-state index in [9.17, 15) is 0 Å². The number of carbonyl (C=O) groups excluding carboxylic acids is 4. The van der Waals surface area contributed by atoms with Gasteiger partial charge in [-0.25, -0.2) is 0 Å². The van der Waals surface area contributed by atoms with Crippen molar-refractivity contribution >= 4 is 23.1 Å². The van der Waals surface area contributed by atoms with E-state index < -0.39 is 10.8 Å². The highest BCUT2D eigenvalue weighted by molar-refractivity contribution is 6.27. The van der Waals surface area contributed by atoms with Crippen molar-refractivity contribution in [2.75, 3.05) is 0 Å². The summed E-state index contributed by atoms with van der Waals surface area (Å²) in [6.45, 7) is 21.8. The highest BCUT2D eigenvalue weighted by Gasteiger charge is 2.64. The predicted octanol–water partition coefficient (Wildman–Crippen LogP) is 16.0. The molecule has 0 aromatic rings. The van der Waals surface area contributed by atoms with Crippen molar-refractivity contribution in [2.45, 2.75) is 268 Å². The van der Waals surface area contributed by atoms with E-state index in [1.165, 1.54) is 51.4 Å². The average molecular weight is 773 g/mol. The molecule has 4 heteroatoms. The zero-order valence-electron chi connectivity index (χ0n) is 38.9. The van der Waals surface area contributed by atoms with Crippen LogP contribution >= 0.6 is 0 Å². The van der Waals surface area contributed by atoms with E-state index in [-0.39, 0.29) is 54.2 Å². The number of hydrogen-bond acceptors (Lipinski definition) is 4. The number of unbranched alkanes of at least 4 members (excludes halogenated alkanes) is 16. The number of ketones is 4. The lowest BCUT2D eigenvalue weighted by Gasteiger charge is -2.46. The molecule has 4 nitrogen and oxygen atoms in total. The molecule has 0 saturated heterocycles. The minimum absolute atomic E-state index is 0.00699. The van der Waals surface area contributed by atoms with Gasteiger partial charge in [0.25, 0.3) is 0 Å². The fraction of sp³-hybridized carbons (Fsp3) is 0.922. The molecule has 0 bridgehead atoms. The van der Waals surface area contributed by atoms with Crippen molar-refractivity contribution in [1.29, 1.82) is 0 Å². The van der Waals surface area contributed by atoms with Gasteiger partial charge in [0.05, 0.1) is 5.41 Å². The number of hydrogen-bond donors (Lipinski definition) is 0. The Kier molecular flexibility index (Phi) is 31.8. The lowest BCUT2D eigenvalue weighted by atomic mass is 9.51. The van der Waals surface area contributed by atoms with Crippen LogP contribution in [0.4, 0.5) is 0 Å². The van der Waals surface area contributed by atoms with Crippen molar-refractivity contribution in [2.24, 2.45) is 34.5 Å². The first-order valence-electron chi connectivity index (χ1n) is 24.4. The van der Waals surface area contributed by atoms with E-state index >= 15 is 19.2 Å². The molecule has 0 fully saturated rings. The van der Waals surface area contributed by atoms with Gasteiger partial charge in [-0.1, -0.05) is 223 Å². The molecule has 4 unspecified atom stereocenters. The van der Waals surface area contributed by atoms with Crippen molar-refractivity contribution in [3.05, 3.63) is 0 Å². The Hall–Kier alpha value is -1.32. The van der Waals surface area contributed by atoms with Crippen LogP contribution in [0.2, 0.25) is 0 Å². The summed E-state index contributed by atoms with van der Waals surface area (Å²) in [5.74, 6) is 0.736. The third-order valence-electron chi connectivity index (χ3n) is 13.0. The van der Waals surface area contributed by atoms with Crippen LogP contribution in [0, 0.1) is 34.5 Å². The van der Waals surface area contributed by atoms with Crippen molar-refractivity contribution in [3.8, 4) is 0 Å². The quantitative estimate of drug-likeness (QED) is 0.0459. The van der Waals surface area contributed by atoms with Crippen LogP contribution in [-0.2, 0) is 19.2 Å². The van der Waals surface area contributed by atoms with Crippen molar-refractivity contribution in [1.82, 2.24) is 0 Å². The van der Waals surface area contributed by atoms with Gasteiger partial charge in [0.2, 0.25) is 0 Å². The highest BCUT2D eigenvalue weighted by Crippen LogP contribution is 2.51. The van der Waals surface area contributed by atoms with Crippen LogP contribution in [0.15, 0.2) is 0 Å². The first kappa shape index (κ1) is 53.7. The minimum Gasteiger partial charge on any atom is -0.299 e. The van der Waals surface area contributed by atoms with Crippen LogP contribution in [0.5, 0.6) is 0 Å². The van der Waals surface area contributed by atoms with Crippen LogP contribution in [0.25, 0.3) is 0 Å². The van der Waals surface area contributed by atoms with Crippen molar-refractivity contribution < 1.29 is 19.2 Å². The highest BCUT2D eigenvalue weighted by atomic mass is 16.2. The second-order valence-corrected chi connectivity index (χ2v) is 19.1. The topological polar surface area (TPSA) is 68.3 Å². The zero-order valence-corrected chi connectivity index (χ0v) is 38.9. The minimum atomic E-state index is -1.89. The Morgan fingerprint density at radius 3 is 1.36 bits per heavy atom. The van der Waals surface area contributed by atoms with E-state index in [1.54, 1.807) is 0 Å². The van der Waals surface area contributed by atoms with Crippen LogP contribution in [-0.4, -0.2) is 23.1 Å². The summed E-state index contributed by atoms with van der Waals surface area (Å²) in [7, 11) is 0. The second kappa shape index (κ2) is 32.6. The molecular formula is C51H96O4. The summed E-state index contributed by atoms with van der Waals surface area (Å²) in [5, 5.41) is 0. The fourth-order valence-corrected chi connectivity index (χ4v) is 9.08. The van der Waals surface area contributed by atoms with Gasteiger partial charge < -0.3 is 0 Å². The van der Waals surface area contributed by atoms with Gasteiger partial charge in [-0.3, -0.25) is 19.2 Å². The van der Waals surface area contributed by atoms with Gasteiger partial charge in [0.1, 0.15) is 5.78 Å². The molecule has 0 saturated carbocycles. The van der Waals surface area contributed by atoms with Gasteiger partial charge in [-0.2, -0.15) is 0 Å². The lowest BCUT2D eigenvalue weighted by Crippen LogP contribution is -2.61. The summed E-state index contributed by atoms with van der Waals surface area (Å²) in [4.78, 5) is 61.2. The molecule has 324 valence electrons. The Balaban J connectivity index is 7.19. The predicted molar refractivity (Wildman–Crippen MR) is 239 cm³/mol. The van der Waals surface area contributed by atoms with E-state index in [2.05, 4.69) is 62.3 Å². The third kappa shape index (κ3) is 21.3. The maximum atomic E-state index is 15.5. The number of rotatable bonds is 40. The fourth-order valence-electron chi connectivity index (χ4n) is 9.08. The van der Waals surface area contributed by atoms with Crippen LogP contribution in [0.3, 0.4) is 0 Å². The molecule has 0 aliphatic heterocycles. The molecule has 55 heavy (non-hydrogen) atoms. The maximum absolute atomic E-state index is 15.5. The third-order valence-corrected chi connectivity index (χ3v) is 13.0. The summed E-state index contributed by atoms with van der Waals surface area (Å²) >= 11 is 0. The lowest BCUT2D eigenvalue weighted by molar-refractivity contribution is -0.166. The Labute approximate surface area is 344 Å². The van der Waals surface area contributed by atoms with E-state index in [0.717, 1.165) is 109 Å². The summed E-state index contributed by atoms with van der Waals surface area (Å²) < 4.78 is 0. The molecule has 0 amide bonds. The molecule has 0 aliphatic rings. The van der Waals surface area contributed by atoms with Gasteiger partial charge in [0.15, 0.2) is 22.8 Å². The Bertz CT molecular complexity index is 997. The molecule has 4 atom stereocenters. The smallest absolute Gasteiger partial charge is 0.157 e. The maximum Gasteiger partial charge on any atom is 0.157 e. The van der Waals surface area contributed by atoms with Gasteiger partial charge >= 0.3 is 0 Å². The van der Waals surface area contributed by atoms with Gasteiger partial charge in [-0.05, 0) is 42.9 Å². The molecule has 0 radical (unpaired) electrons. The van der Waals surface area contributed by atoms with Crippen molar-refractivity contribution in [3.63, 3.8) is 0 Å². The van der Waals surface area contributed by atoms with E-state index in [1.807, 2.05) is 6.92 Å². The largest absolute Gasteiger partial charge is 0.299 e. The SMILES string of the molecule is CCCCCCCCCC(C)(C(=O)CCCCCCCC)C(C(=O)CCCCCCC(C)C)(C(=O)CC(C)CCCC(C)C)C(=O)CC(CC)CCCCC. The standard InChI is InChI=1S/C51H96O4/c1-11-15-18-20-22-26-31-39-50(10,46(52)37-29-23-21-19-16-12-2)51(47(53)38-30-25-24-28-33-42(5)6,48(54)40-44(9)35-32-34-43(7)8)49(55)41-45(14-4)36-27-17-13-3/h42-45H,11-41H2,1-10H3. The first-order chi connectivity index (χ1) is 26.3. The first-order valence-corrected chi connectivity index (χ1v) is 24.4. The Morgan fingerprint density at radius 2 is 0.836 bits per heavy atom. The molecule has 0 N–H and O–H groups in total. The van der Waals surface area contributed by atoms with Gasteiger partial charge in [0, 0.05) is 25.7 Å². The molecule has 0 heterocycles. The molecule has 0 aliphatic carbocycles. The zero-order chi connectivity index (χ0) is 41.5. The normalized spacial score (nSPS) is 15.2. The summed E-state index contributed by atoms with van der Waals surface area (Å²) in [5.41, 5.74) is -3.21. The molecule has 0 aromatic heterocycles. The molecule has 0 aromatic carbocycles. The molecular weight excluding hydrogens is 677 g/mol. The van der Waals surface area contributed by atoms with Crippen LogP contribution < -0.4 is 0 Å². The van der Waals surface area contributed by atoms with Gasteiger partial charge in [-0.15, -0.1) is 0 Å². The summed E-state index contributed by atoms with van der Waals surface area (Å²) in [6.07, 6.45) is 28.5. The number of carbonyl (C=O) groups is 4. The molecule has 0 rings (SSSR count). The average Bonchev–Trinajstić information content (AvgIpc) is 3.13. The number of Topliss-reactive ketones (excluding diaryl/α,β-unsaturated/α-hetero) is 4. The van der Waals surface area contributed by atoms with E-state index in [4.69, 9.17) is 0 Å². The monoisotopic (exact) mass is 773 g/mol. The summed E-state index contributed by atoms with van der Waals surface area (Å²) in [6, 6.07) is 0. The van der Waals surface area contributed by atoms with Crippen LogP contribution in [0.1, 0.15) is 268 Å². The Morgan fingerprint density at radius 1 is 0.418 bits per heavy atom. The molecule has 0 spiro atoms.